The van der Waals surface area contributed by atoms with Crippen molar-refractivity contribution < 1.29 is 15.0 Å². The van der Waals surface area contributed by atoms with Gasteiger partial charge in [-0.1, -0.05) is 25.2 Å². The minimum absolute atomic E-state index is 0.0921. The maximum absolute atomic E-state index is 12.5. The van der Waals surface area contributed by atoms with Crippen LogP contribution < -0.4 is 0 Å². The van der Waals surface area contributed by atoms with Crippen LogP contribution in [0.3, 0.4) is 0 Å². The number of Topliss-reactive ketones (excluding diaryl/α,β-unsaturated/α-hetero) is 1. The lowest BCUT2D eigenvalue weighted by Crippen LogP contribution is -2.54. The van der Waals surface area contributed by atoms with Crippen molar-refractivity contribution in [1.29, 1.82) is 0 Å². The topological polar surface area (TPSA) is 57.5 Å². The van der Waals surface area contributed by atoms with E-state index in [9.17, 15) is 15.0 Å². The summed E-state index contributed by atoms with van der Waals surface area (Å²) in [7, 11) is 0. The average molecular weight is 302 g/mol. The second-order valence-electron chi connectivity index (χ2n) is 8.05. The third-order valence-electron chi connectivity index (χ3n) is 7.44. The number of rotatable bonds is 1. The molecule has 2 N–H and O–H groups in total. The molecule has 0 heterocycles. The van der Waals surface area contributed by atoms with Crippen molar-refractivity contribution in [3.05, 3.63) is 23.8 Å². The van der Waals surface area contributed by atoms with Crippen LogP contribution in [0.2, 0.25) is 0 Å². The summed E-state index contributed by atoms with van der Waals surface area (Å²) in [4.78, 5) is 12.5. The summed E-state index contributed by atoms with van der Waals surface area (Å²) in [5.74, 6) is 1.26. The molecule has 2 fully saturated rings. The van der Waals surface area contributed by atoms with Crippen LogP contribution in [-0.4, -0.2) is 22.3 Å². The van der Waals surface area contributed by atoms with Gasteiger partial charge in [-0.25, -0.2) is 0 Å². The van der Waals surface area contributed by atoms with Gasteiger partial charge in [-0.05, 0) is 67.3 Å². The van der Waals surface area contributed by atoms with Crippen LogP contribution in [0.5, 0.6) is 0 Å². The van der Waals surface area contributed by atoms with Gasteiger partial charge in [0.1, 0.15) is 5.78 Å². The fraction of sp³-hybridized carbons (Fsp3) is 0.737. The van der Waals surface area contributed by atoms with E-state index in [-0.39, 0.29) is 17.1 Å². The van der Waals surface area contributed by atoms with Gasteiger partial charge in [0.25, 0.3) is 0 Å². The number of carbonyl (C=O) groups excluding carboxylic acids is 1. The van der Waals surface area contributed by atoms with Crippen molar-refractivity contribution in [1.82, 2.24) is 0 Å². The van der Waals surface area contributed by atoms with Gasteiger partial charge in [0.15, 0.2) is 6.29 Å². The SMILES string of the molecule is C[C@]12CCC=CC1=CC[C@@H]1[C@@H]2CC[C@]2(C(O)O)C(=O)CC[C@@H]12. The second-order valence-corrected chi connectivity index (χ2v) is 8.05. The maximum Gasteiger partial charge on any atom is 0.164 e. The van der Waals surface area contributed by atoms with Crippen molar-refractivity contribution in [2.75, 3.05) is 0 Å². The summed E-state index contributed by atoms with van der Waals surface area (Å²) in [6.45, 7) is 2.39. The predicted molar refractivity (Wildman–Crippen MR) is 83.8 cm³/mol. The molecule has 22 heavy (non-hydrogen) atoms. The van der Waals surface area contributed by atoms with E-state index in [2.05, 4.69) is 25.2 Å². The molecule has 3 heteroatoms. The number of carbonyl (C=O) groups is 1. The zero-order chi connectivity index (χ0) is 15.5. The molecule has 0 aromatic heterocycles. The molecule has 4 aliphatic rings. The van der Waals surface area contributed by atoms with E-state index in [1.807, 2.05) is 0 Å². The van der Waals surface area contributed by atoms with E-state index in [0.717, 1.165) is 25.7 Å². The highest BCUT2D eigenvalue weighted by molar-refractivity contribution is 5.88. The Bertz CT molecular complexity index is 561. The van der Waals surface area contributed by atoms with E-state index >= 15 is 0 Å². The van der Waals surface area contributed by atoms with Crippen molar-refractivity contribution in [3.63, 3.8) is 0 Å². The number of hydrogen-bond acceptors (Lipinski definition) is 3. The third-order valence-corrected chi connectivity index (χ3v) is 7.44. The Balaban J connectivity index is 1.75. The molecule has 4 rings (SSSR count). The molecule has 0 bridgehead atoms. The molecule has 2 saturated carbocycles. The van der Waals surface area contributed by atoms with Gasteiger partial charge in [0.2, 0.25) is 0 Å². The van der Waals surface area contributed by atoms with Gasteiger partial charge >= 0.3 is 0 Å². The van der Waals surface area contributed by atoms with Crippen molar-refractivity contribution >= 4 is 5.78 Å². The minimum atomic E-state index is -1.49. The molecule has 4 aliphatic carbocycles. The number of ketones is 1. The molecule has 0 radical (unpaired) electrons. The molecule has 120 valence electrons. The second kappa shape index (κ2) is 4.78. The zero-order valence-electron chi connectivity index (χ0n) is 13.3. The minimum Gasteiger partial charge on any atom is -0.367 e. The van der Waals surface area contributed by atoms with Crippen LogP contribution in [0.15, 0.2) is 23.8 Å². The molecule has 0 unspecified atom stereocenters. The molecule has 0 aliphatic heterocycles. The standard InChI is InChI=1S/C19H26O3/c1-18-10-3-2-4-12(18)5-6-13-14(18)9-11-19(17(21)22)15(13)7-8-16(19)20/h2,4-5,13-15,17,21-22H,3,6-11H2,1H3/t13-,14+,15+,18+,19-/m1/s1. The average Bonchev–Trinajstić information content (AvgIpc) is 2.85. The molecule has 0 spiro atoms. The van der Waals surface area contributed by atoms with Crippen LogP contribution in [0, 0.1) is 28.6 Å². The Morgan fingerprint density at radius 1 is 1.23 bits per heavy atom. The van der Waals surface area contributed by atoms with Gasteiger partial charge < -0.3 is 10.2 Å². The smallest absolute Gasteiger partial charge is 0.164 e. The lowest BCUT2D eigenvalue weighted by molar-refractivity contribution is -0.189. The Morgan fingerprint density at radius 2 is 2.05 bits per heavy atom. The summed E-state index contributed by atoms with van der Waals surface area (Å²) in [6.07, 6.45) is 11.7. The van der Waals surface area contributed by atoms with Crippen molar-refractivity contribution in [3.8, 4) is 0 Å². The first-order chi connectivity index (χ1) is 10.5. The first-order valence-electron chi connectivity index (χ1n) is 8.77. The highest BCUT2D eigenvalue weighted by atomic mass is 16.5. The molecule has 3 nitrogen and oxygen atoms in total. The van der Waals surface area contributed by atoms with Crippen LogP contribution in [0.25, 0.3) is 0 Å². The van der Waals surface area contributed by atoms with E-state index < -0.39 is 11.7 Å². The molecule has 0 saturated heterocycles. The molecular formula is C19H26O3. The lowest BCUT2D eigenvalue weighted by Gasteiger charge is -2.56. The summed E-state index contributed by atoms with van der Waals surface area (Å²) in [5, 5.41) is 20.0. The third kappa shape index (κ3) is 1.67. The molecular weight excluding hydrogens is 276 g/mol. The van der Waals surface area contributed by atoms with E-state index in [1.54, 1.807) is 0 Å². The predicted octanol–water partition coefficient (Wildman–Crippen LogP) is 2.98. The van der Waals surface area contributed by atoms with Crippen molar-refractivity contribution in [2.24, 2.45) is 28.6 Å². The largest absolute Gasteiger partial charge is 0.367 e. The Hall–Kier alpha value is -0.930. The lowest BCUT2D eigenvalue weighted by atomic mass is 9.48. The Morgan fingerprint density at radius 3 is 2.82 bits per heavy atom. The monoisotopic (exact) mass is 302 g/mol. The van der Waals surface area contributed by atoms with Crippen LogP contribution in [0.1, 0.15) is 51.9 Å². The molecule has 0 amide bonds. The number of allylic oxidation sites excluding steroid dienone is 4. The Kier molecular flexibility index (Phi) is 3.18. The summed E-state index contributed by atoms with van der Waals surface area (Å²) < 4.78 is 0. The van der Waals surface area contributed by atoms with Gasteiger partial charge in [-0.2, -0.15) is 0 Å². The summed E-state index contributed by atoms with van der Waals surface area (Å²) in [6, 6.07) is 0. The molecule has 0 aromatic rings. The summed E-state index contributed by atoms with van der Waals surface area (Å²) in [5.41, 5.74) is 0.824. The number of aliphatic hydroxyl groups excluding tert-OH is 1. The number of fused-ring (bicyclic) bond motifs is 5. The van der Waals surface area contributed by atoms with Gasteiger partial charge in [0, 0.05) is 6.42 Å². The van der Waals surface area contributed by atoms with Gasteiger partial charge in [-0.15, -0.1) is 0 Å². The van der Waals surface area contributed by atoms with Gasteiger partial charge in [-0.3, -0.25) is 4.79 Å². The van der Waals surface area contributed by atoms with E-state index in [1.165, 1.54) is 12.0 Å². The normalized spacial score (nSPS) is 47.0. The van der Waals surface area contributed by atoms with Crippen LogP contribution >= 0.6 is 0 Å². The highest BCUT2D eigenvalue weighted by Crippen LogP contribution is 2.64. The maximum atomic E-state index is 12.5. The first-order valence-corrected chi connectivity index (χ1v) is 8.77. The summed E-state index contributed by atoms with van der Waals surface area (Å²) >= 11 is 0. The van der Waals surface area contributed by atoms with Crippen LogP contribution in [-0.2, 0) is 4.79 Å². The van der Waals surface area contributed by atoms with E-state index in [4.69, 9.17) is 0 Å². The number of hydrogen-bond donors (Lipinski definition) is 2. The van der Waals surface area contributed by atoms with Gasteiger partial charge in [0.05, 0.1) is 5.41 Å². The zero-order valence-corrected chi connectivity index (χ0v) is 13.3. The molecule has 0 aromatic carbocycles. The highest BCUT2D eigenvalue weighted by Gasteiger charge is 2.62. The quantitative estimate of drug-likeness (QED) is 0.732. The fourth-order valence-corrected chi connectivity index (χ4v) is 6.27. The molecule has 5 atom stereocenters. The first kappa shape index (κ1) is 14.6. The number of aliphatic hydroxyl groups is 2. The van der Waals surface area contributed by atoms with Crippen LogP contribution in [0.4, 0.5) is 0 Å². The van der Waals surface area contributed by atoms with Crippen molar-refractivity contribution in [2.45, 2.75) is 58.2 Å². The Labute approximate surface area is 132 Å². The van der Waals surface area contributed by atoms with E-state index in [0.29, 0.717) is 24.7 Å². The fourth-order valence-electron chi connectivity index (χ4n) is 6.27.